The second-order valence-electron chi connectivity index (χ2n) is 4.31. The molecule has 0 aromatic carbocycles. The fraction of sp³-hybridized carbons (Fsp3) is 0.417. The topological polar surface area (TPSA) is 65.4 Å². The summed E-state index contributed by atoms with van der Waals surface area (Å²) in [6, 6.07) is 3.87. The summed E-state index contributed by atoms with van der Waals surface area (Å²) in [6.07, 6.45) is 6.75. The summed E-state index contributed by atoms with van der Waals surface area (Å²) in [6.45, 7) is 0. The normalized spacial score (nSPS) is 16.7. The van der Waals surface area contributed by atoms with Crippen LogP contribution in [-0.2, 0) is 0 Å². The number of aromatic nitrogens is 3. The van der Waals surface area contributed by atoms with Crippen molar-refractivity contribution in [3.8, 4) is 6.07 Å². The highest BCUT2D eigenvalue weighted by Crippen LogP contribution is 2.32. The molecule has 0 saturated heterocycles. The second kappa shape index (κ2) is 3.60. The predicted octanol–water partition coefficient (Wildman–Crippen LogP) is 2.49. The van der Waals surface area contributed by atoms with Crippen molar-refractivity contribution in [3.05, 3.63) is 23.8 Å². The van der Waals surface area contributed by atoms with Gasteiger partial charge in [-0.2, -0.15) is 5.26 Å². The molecule has 1 saturated carbocycles. The number of nitrogens with one attached hydrogen (secondary N) is 1. The Labute approximate surface area is 93.3 Å². The van der Waals surface area contributed by atoms with Crippen LogP contribution in [0.2, 0.25) is 0 Å². The molecule has 4 nitrogen and oxygen atoms in total. The van der Waals surface area contributed by atoms with Gasteiger partial charge in [0.2, 0.25) is 0 Å². The number of nitriles is 1. The summed E-state index contributed by atoms with van der Waals surface area (Å²) >= 11 is 0. The van der Waals surface area contributed by atoms with E-state index in [1.807, 2.05) is 6.20 Å². The van der Waals surface area contributed by atoms with Crippen LogP contribution in [0.15, 0.2) is 12.3 Å². The molecule has 2 aromatic heterocycles. The Hall–Kier alpha value is -1.89. The maximum absolute atomic E-state index is 8.79. The van der Waals surface area contributed by atoms with Gasteiger partial charge < -0.3 is 4.98 Å². The number of nitrogens with zero attached hydrogens (tertiary/aromatic N) is 3. The number of aromatic amines is 1. The monoisotopic (exact) mass is 212 g/mol. The predicted molar refractivity (Wildman–Crippen MR) is 59.8 cm³/mol. The molecular formula is C12H12N4. The van der Waals surface area contributed by atoms with Gasteiger partial charge in [0.25, 0.3) is 0 Å². The lowest BCUT2D eigenvalue weighted by molar-refractivity contribution is 0.671. The first-order valence-electron chi connectivity index (χ1n) is 5.62. The molecule has 0 aliphatic heterocycles. The molecule has 0 unspecified atom stereocenters. The van der Waals surface area contributed by atoms with Gasteiger partial charge in [-0.05, 0) is 18.9 Å². The van der Waals surface area contributed by atoms with Gasteiger partial charge in [-0.3, -0.25) is 0 Å². The van der Waals surface area contributed by atoms with Gasteiger partial charge in [-0.15, -0.1) is 0 Å². The first-order valence-corrected chi connectivity index (χ1v) is 5.62. The van der Waals surface area contributed by atoms with Crippen LogP contribution in [0.25, 0.3) is 11.0 Å². The summed E-state index contributed by atoms with van der Waals surface area (Å²) in [5.41, 5.74) is 1.33. The number of hydrogen-bond donors (Lipinski definition) is 1. The third-order valence-electron chi connectivity index (χ3n) is 3.23. The van der Waals surface area contributed by atoms with Crippen LogP contribution in [0.1, 0.15) is 43.1 Å². The van der Waals surface area contributed by atoms with Crippen molar-refractivity contribution in [2.75, 3.05) is 0 Å². The third kappa shape index (κ3) is 1.45. The van der Waals surface area contributed by atoms with Gasteiger partial charge in [-0.1, -0.05) is 12.8 Å². The highest BCUT2D eigenvalue weighted by atomic mass is 15.0. The van der Waals surface area contributed by atoms with Crippen molar-refractivity contribution in [1.82, 2.24) is 15.0 Å². The molecule has 2 heterocycles. The molecular weight excluding hydrogens is 200 g/mol. The molecule has 2 aromatic rings. The van der Waals surface area contributed by atoms with Crippen LogP contribution in [0.3, 0.4) is 0 Å². The maximum Gasteiger partial charge on any atom is 0.142 e. The van der Waals surface area contributed by atoms with Gasteiger partial charge in [0, 0.05) is 17.5 Å². The number of hydrogen-bond acceptors (Lipinski definition) is 3. The Morgan fingerprint density at radius 1 is 1.38 bits per heavy atom. The van der Waals surface area contributed by atoms with E-state index in [1.54, 1.807) is 6.07 Å². The summed E-state index contributed by atoms with van der Waals surface area (Å²) < 4.78 is 0. The van der Waals surface area contributed by atoms with Crippen molar-refractivity contribution in [2.24, 2.45) is 0 Å². The zero-order valence-electron chi connectivity index (χ0n) is 8.90. The molecule has 0 bridgehead atoms. The van der Waals surface area contributed by atoms with Gasteiger partial charge >= 0.3 is 0 Å². The van der Waals surface area contributed by atoms with E-state index in [0.29, 0.717) is 11.6 Å². The Morgan fingerprint density at radius 3 is 2.94 bits per heavy atom. The quantitative estimate of drug-likeness (QED) is 0.789. The largest absolute Gasteiger partial charge is 0.331 e. The average Bonchev–Trinajstić information content (AvgIpc) is 2.96. The zero-order valence-corrected chi connectivity index (χ0v) is 8.90. The van der Waals surface area contributed by atoms with E-state index >= 15 is 0 Å². The summed E-state index contributed by atoms with van der Waals surface area (Å²) in [5, 5.41) is 9.71. The van der Waals surface area contributed by atoms with Crippen LogP contribution >= 0.6 is 0 Å². The first-order chi connectivity index (χ1) is 7.86. The third-order valence-corrected chi connectivity index (χ3v) is 3.23. The summed E-state index contributed by atoms with van der Waals surface area (Å²) in [7, 11) is 0. The SMILES string of the molecule is N#Cc1cc2cnc(C3CCCC3)nc2[nH]1. The molecule has 0 atom stereocenters. The molecule has 0 amide bonds. The smallest absolute Gasteiger partial charge is 0.142 e. The molecule has 1 N–H and O–H groups in total. The van der Waals surface area contributed by atoms with E-state index in [2.05, 4.69) is 21.0 Å². The van der Waals surface area contributed by atoms with Crippen LogP contribution in [0.4, 0.5) is 0 Å². The highest BCUT2D eigenvalue weighted by molar-refractivity contribution is 5.76. The molecule has 1 aliphatic carbocycles. The minimum atomic E-state index is 0.512. The van der Waals surface area contributed by atoms with Crippen molar-refractivity contribution in [3.63, 3.8) is 0 Å². The van der Waals surface area contributed by atoms with Gasteiger partial charge in [0.05, 0.1) is 0 Å². The summed E-state index contributed by atoms with van der Waals surface area (Å²) in [4.78, 5) is 11.9. The zero-order chi connectivity index (χ0) is 11.0. The van der Waals surface area contributed by atoms with E-state index in [-0.39, 0.29) is 0 Å². The molecule has 1 fully saturated rings. The Bertz CT molecular complexity index is 558. The Balaban J connectivity index is 2.04. The molecule has 3 rings (SSSR count). The Kier molecular flexibility index (Phi) is 2.10. The van der Waals surface area contributed by atoms with Crippen LogP contribution in [0, 0.1) is 11.3 Å². The van der Waals surface area contributed by atoms with Crippen molar-refractivity contribution >= 4 is 11.0 Å². The lowest BCUT2D eigenvalue weighted by Gasteiger charge is -2.05. The van der Waals surface area contributed by atoms with E-state index in [9.17, 15) is 0 Å². The average molecular weight is 212 g/mol. The highest BCUT2D eigenvalue weighted by Gasteiger charge is 2.20. The van der Waals surface area contributed by atoms with Crippen molar-refractivity contribution < 1.29 is 0 Å². The molecule has 16 heavy (non-hydrogen) atoms. The lowest BCUT2D eigenvalue weighted by atomic mass is 10.1. The van der Waals surface area contributed by atoms with Crippen molar-refractivity contribution in [1.29, 1.82) is 5.26 Å². The maximum atomic E-state index is 8.79. The van der Waals surface area contributed by atoms with Crippen LogP contribution in [0.5, 0.6) is 0 Å². The molecule has 80 valence electrons. The van der Waals surface area contributed by atoms with Gasteiger partial charge in [-0.25, -0.2) is 9.97 Å². The number of fused-ring (bicyclic) bond motifs is 1. The summed E-state index contributed by atoms with van der Waals surface area (Å²) in [5.74, 6) is 1.44. The van der Waals surface area contributed by atoms with Crippen LogP contribution < -0.4 is 0 Å². The van der Waals surface area contributed by atoms with E-state index in [1.165, 1.54) is 25.7 Å². The van der Waals surface area contributed by atoms with Gasteiger partial charge in [0.1, 0.15) is 23.2 Å². The fourth-order valence-corrected chi connectivity index (χ4v) is 2.37. The molecule has 4 heteroatoms. The first kappa shape index (κ1) is 9.34. The Morgan fingerprint density at radius 2 is 2.19 bits per heavy atom. The second-order valence-corrected chi connectivity index (χ2v) is 4.31. The fourth-order valence-electron chi connectivity index (χ4n) is 2.37. The minimum absolute atomic E-state index is 0.512. The van der Waals surface area contributed by atoms with Crippen molar-refractivity contribution in [2.45, 2.75) is 31.6 Å². The number of rotatable bonds is 1. The number of H-pyrrole nitrogens is 1. The van der Waals surface area contributed by atoms with Gasteiger partial charge in [0.15, 0.2) is 0 Å². The molecule has 1 aliphatic rings. The lowest BCUT2D eigenvalue weighted by Crippen LogP contribution is -1.99. The van der Waals surface area contributed by atoms with E-state index in [4.69, 9.17) is 5.26 Å². The molecule has 0 spiro atoms. The van der Waals surface area contributed by atoms with E-state index < -0.39 is 0 Å². The molecule has 0 radical (unpaired) electrons. The van der Waals surface area contributed by atoms with Crippen LogP contribution in [-0.4, -0.2) is 15.0 Å². The minimum Gasteiger partial charge on any atom is -0.331 e. The standard InChI is InChI=1S/C12H12N4/c13-6-10-5-9-7-14-11(16-12(9)15-10)8-3-1-2-4-8/h5,7-8H,1-4H2,(H,14,15,16). The van der Waals surface area contributed by atoms with E-state index in [0.717, 1.165) is 16.9 Å².